The third kappa shape index (κ3) is 3.11. The largest absolute Gasteiger partial charge is 0.450 e. The number of hydrogen-bond acceptors (Lipinski definition) is 6. The van der Waals surface area contributed by atoms with Crippen molar-refractivity contribution in [1.29, 1.82) is 0 Å². The first-order chi connectivity index (χ1) is 15.4. The molecule has 1 aliphatic rings. The van der Waals surface area contributed by atoms with Crippen LogP contribution in [0.5, 0.6) is 0 Å². The highest BCUT2D eigenvalue weighted by atomic mass is 19.1. The number of nitro benzene ring substituents is 1. The van der Waals surface area contributed by atoms with Crippen molar-refractivity contribution in [3.8, 4) is 0 Å². The molecule has 0 radical (unpaired) electrons. The van der Waals surface area contributed by atoms with Gasteiger partial charge in [0.15, 0.2) is 5.43 Å². The summed E-state index contributed by atoms with van der Waals surface area (Å²) in [6, 6.07) is 11.8. The maximum absolute atomic E-state index is 13.8. The Morgan fingerprint density at radius 1 is 1.12 bits per heavy atom. The third-order valence-corrected chi connectivity index (χ3v) is 5.42. The molecule has 1 unspecified atom stereocenters. The SMILES string of the molecule is O=C1c2oc3ccc(F)cc3c(=O)c2C(c2ccc([N+](=O)[O-])cc2)N1Cc1cccnc1. The lowest BCUT2D eigenvalue weighted by molar-refractivity contribution is -0.384. The number of halogens is 1. The third-order valence-electron chi connectivity index (χ3n) is 5.42. The summed E-state index contributed by atoms with van der Waals surface area (Å²) in [5, 5.41) is 11.1. The Labute approximate surface area is 179 Å². The minimum atomic E-state index is -0.859. The van der Waals surface area contributed by atoms with Crippen LogP contribution in [-0.2, 0) is 6.54 Å². The average molecular weight is 431 g/mol. The molecule has 2 aromatic heterocycles. The van der Waals surface area contributed by atoms with Gasteiger partial charge in [0.05, 0.1) is 21.9 Å². The lowest BCUT2D eigenvalue weighted by Crippen LogP contribution is -2.29. The summed E-state index contributed by atoms with van der Waals surface area (Å²) in [7, 11) is 0. The Bertz CT molecular complexity index is 1430. The molecule has 1 atom stereocenters. The number of aromatic nitrogens is 1. The van der Waals surface area contributed by atoms with Crippen molar-refractivity contribution in [1.82, 2.24) is 9.88 Å². The first kappa shape index (κ1) is 19.6. The van der Waals surface area contributed by atoms with Crippen molar-refractivity contribution in [3.63, 3.8) is 0 Å². The van der Waals surface area contributed by atoms with Crippen molar-refractivity contribution < 1.29 is 18.5 Å². The fourth-order valence-electron chi connectivity index (χ4n) is 3.97. The van der Waals surface area contributed by atoms with E-state index >= 15 is 0 Å². The molecule has 5 rings (SSSR count). The van der Waals surface area contributed by atoms with E-state index in [0.717, 1.165) is 17.7 Å². The Kier molecular flexibility index (Phi) is 4.51. The Balaban J connectivity index is 1.72. The van der Waals surface area contributed by atoms with Crippen LogP contribution in [0, 0.1) is 15.9 Å². The molecular weight excluding hydrogens is 417 g/mol. The van der Waals surface area contributed by atoms with Gasteiger partial charge < -0.3 is 9.32 Å². The Hall–Kier alpha value is -4.40. The molecule has 0 N–H and O–H groups in total. The molecule has 32 heavy (non-hydrogen) atoms. The van der Waals surface area contributed by atoms with Crippen LogP contribution in [0.25, 0.3) is 11.0 Å². The first-order valence-corrected chi connectivity index (χ1v) is 9.64. The van der Waals surface area contributed by atoms with Crippen molar-refractivity contribution in [3.05, 3.63) is 116 Å². The maximum atomic E-state index is 13.8. The molecule has 8 nitrogen and oxygen atoms in total. The van der Waals surface area contributed by atoms with E-state index in [1.807, 2.05) is 0 Å². The lowest BCUT2D eigenvalue weighted by atomic mass is 9.98. The molecular formula is C23H14FN3O5. The van der Waals surface area contributed by atoms with Gasteiger partial charge in [0, 0.05) is 31.1 Å². The normalized spacial score (nSPS) is 15.2. The zero-order chi connectivity index (χ0) is 22.4. The molecule has 0 fully saturated rings. The number of carbonyl (C=O) groups excluding carboxylic acids is 1. The van der Waals surface area contributed by atoms with Gasteiger partial charge in [0.25, 0.3) is 11.6 Å². The molecule has 158 valence electrons. The van der Waals surface area contributed by atoms with Crippen molar-refractivity contribution >= 4 is 22.6 Å². The van der Waals surface area contributed by atoms with E-state index in [2.05, 4.69) is 4.98 Å². The van der Waals surface area contributed by atoms with E-state index in [-0.39, 0.29) is 34.5 Å². The molecule has 0 bridgehead atoms. The molecule has 4 aromatic rings. The van der Waals surface area contributed by atoms with Crippen LogP contribution in [-0.4, -0.2) is 20.7 Å². The molecule has 2 aromatic carbocycles. The summed E-state index contributed by atoms with van der Waals surface area (Å²) in [6.45, 7) is 0.128. The second-order valence-corrected chi connectivity index (χ2v) is 7.36. The van der Waals surface area contributed by atoms with Gasteiger partial charge >= 0.3 is 0 Å². The predicted molar refractivity (Wildman–Crippen MR) is 111 cm³/mol. The summed E-state index contributed by atoms with van der Waals surface area (Å²) in [5.41, 5.74) is 0.758. The predicted octanol–water partition coefficient (Wildman–Crippen LogP) is 3.98. The molecule has 1 amide bonds. The van der Waals surface area contributed by atoms with Gasteiger partial charge in [-0.3, -0.25) is 24.7 Å². The zero-order valence-electron chi connectivity index (χ0n) is 16.4. The first-order valence-electron chi connectivity index (χ1n) is 9.64. The fourth-order valence-corrected chi connectivity index (χ4v) is 3.97. The number of hydrogen-bond donors (Lipinski definition) is 0. The molecule has 3 heterocycles. The van der Waals surface area contributed by atoms with E-state index < -0.39 is 28.1 Å². The average Bonchev–Trinajstić information content (AvgIpc) is 3.07. The smallest absolute Gasteiger partial charge is 0.291 e. The van der Waals surface area contributed by atoms with Gasteiger partial charge in [-0.15, -0.1) is 0 Å². The minimum Gasteiger partial charge on any atom is -0.450 e. The highest BCUT2D eigenvalue weighted by Gasteiger charge is 2.42. The van der Waals surface area contributed by atoms with E-state index in [0.29, 0.717) is 5.56 Å². The van der Waals surface area contributed by atoms with Crippen LogP contribution in [0.4, 0.5) is 10.1 Å². The van der Waals surface area contributed by atoms with E-state index in [4.69, 9.17) is 4.42 Å². The minimum absolute atomic E-state index is 0.0201. The standard InChI is InChI=1S/C23H14FN3O5/c24-15-5-8-18-17(10-15)21(28)19-20(14-3-6-16(7-4-14)27(30)31)26(23(29)22(19)32-18)12-13-2-1-9-25-11-13/h1-11,20H,12H2. The topological polar surface area (TPSA) is 107 Å². The van der Waals surface area contributed by atoms with Crippen LogP contribution in [0.15, 0.2) is 76.2 Å². The lowest BCUT2D eigenvalue weighted by Gasteiger charge is -2.25. The van der Waals surface area contributed by atoms with Crippen LogP contribution < -0.4 is 5.43 Å². The van der Waals surface area contributed by atoms with Gasteiger partial charge in [0.2, 0.25) is 5.76 Å². The Morgan fingerprint density at radius 2 is 1.91 bits per heavy atom. The highest BCUT2D eigenvalue weighted by molar-refractivity contribution is 5.99. The number of carbonyl (C=O) groups is 1. The molecule has 1 aliphatic heterocycles. The van der Waals surface area contributed by atoms with E-state index in [1.165, 1.54) is 35.2 Å². The summed E-state index contributed by atoms with van der Waals surface area (Å²) >= 11 is 0. The summed E-state index contributed by atoms with van der Waals surface area (Å²) in [5.74, 6) is -1.23. The molecule has 0 aliphatic carbocycles. The summed E-state index contributed by atoms with van der Waals surface area (Å²) in [6.07, 6.45) is 3.20. The molecule has 0 saturated heterocycles. The maximum Gasteiger partial charge on any atom is 0.291 e. The number of rotatable bonds is 4. The number of pyridine rings is 1. The number of amides is 1. The number of benzene rings is 2. The van der Waals surface area contributed by atoms with Gasteiger partial charge in [-0.1, -0.05) is 6.07 Å². The molecule has 0 spiro atoms. The summed E-state index contributed by atoms with van der Waals surface area (Å²) in [4.78, 5) is 42.7. The second-order valence-electron chi connectivity index (χ2n) is 7.36. The van der Waals surface area contributed by atoms with Crippen molar-refractivity contribution in [2.24, 2.45) is 0 Å². The van der Waals surface area contributed by atoms with Crippen molar-refractivity contribution in [2.75, 3.05) is 0 Å². The number of nitro groups is 1. The van der Waals surface area contributed by atoms with Crippen molar-refractivity contribution in [2.45, 2.75) is 12.6 Å². The molecule has 0 saturated carbocycles. The Morgan fingerprint density at radius 3 is 2.59 bits per heavy atom. The fraction of sp³-hybridized carbons (Fsp3) is 0.0870. The van der Waals surface area contributed by atoms with E-state index in [1.54, 1.807) is 24.5 Å². The number of fused-ring (bicyclic) bond motifs is 2. The van der Waals surface area contributed by atoms with Crippen LogP contribution in [0.2, 0.25) is 0 Å². The number of nitrogens with zero attached hydrogens (tertiary/aromatic N) is 3. The van der Waals surface area contributed by atoms with E-state index in [9.17, 15) is 24.1 Å². The second kappa shape index (κ2) is 7.38. The highest BCUT2D eigenvalue weighted by Crippen LogP contribution is 2.39. The summed E-state index contributed by atoms with van der Waals surface area (Å²) < 4.78 is 19.6. The number of non-ortho nitro benzene ring substituents is 1. The molecule has 9 heteroatoms. The quantitative estimate of drug-likeness (QED) is 0.357. The van der Waals surface area contributed by atoms with Crippen LogP contribution in [0.1, 0.15) is 33.3 Å². The van der Waals surface area contributed by atoms with Gasteiger partial charge in [0.1, 0.15) is 11.4 Å². The monoisotopic (exact) mass is 431 g/mol. The van der Waals surface area contributed by atoms with Crippen LogP contribution >= 0.6 is 0 Å². The zero-order valence-corrected chi connectivity index (χ0v) is 16.4. The van der Waals surface area contributed by atoms with Crippen LogP contribution in [0.3, 0.4) is 0 Å². The van der Waals surface area contributed by atoms with Gasteiger partial charge in [-0.2, -0.15) is 0 Å². The van der Waals surface area contributed by atoms with Gasteiger partial charge in [-0.05, 0) is 47.5 Å². The van der Waals surface area contributed by atoms with Gasteiger partial charge in [-0.25, -0.2) is 4.39 Å².